The van der Waals surface area contributed by atoms with Gasteiger partial charge in [0.2, 0.25) is 5.91 Å². The van der Waals surface area contributed by atoms with Crippen molar-refractivity contribution in [2.24, 2.45) is 0 Å². The number of rotatable bonds is 6. The molecule has 0 radical (unpaired) electrons. The minimum absolute atomic E-state index is 0. The molecule has 178 valence electrons. The Balaban J connectivity index is 0.00000274. The highest BCUT2D eigenvalue weighted by atomic mass is 35.5. The molecule has 1 saturated heterocycles. The first-order valence-corrected chi connectivity index (χ1v) is 12.0. The van der Waals surface area contributed by atoms with E-state index < -0.39 is 5.54 Å². The third-order valence-corrected chi connectivity index (χ3v) is 7.32. The van der Waals surface area contributed by atoms with E-state index in [0.717, 1.165) is 45.6 Å². The quantitative estimate of drug-likeness (QED) is 0.528. The standard InChI is InChI=1S/C29H33N3O.ClH/c1-30(22-24-10-4-2-5-11-24)28(33)29(20-26-14-8-9-15-27(26)21-29)32-18-16-31(17-19-32)23-25-12-6-3-7-13-25;/h2-15H,16-23H2,1H3;1H. The van der Waals surface area contributed by atoms with Crippen LogP contribution in [0.25, 0.3) is 0 Å². The summed E-state index contributed by atoms with van der Waals surface area (Å²) >= 11 is 0. The zero-order chi connectivity index (χ0) is 22.7. The first-order chi connectivity index (χ1) is 16.1. The van der Waals surface area contributed by atoms with Crippen LogP contribution in [0.1, 0.15) is 22.3 Å². The summed E-state index contributed by atoms with van der Waals surface area (Å²) in [4.78, 5) is 21.0. The van der Waals surface area contributed by atoms with Gasteiger partial charge in [-0.25, -0.2) is 0 Å². The van der Waals surface area contributed by atoms with Gasteiger partial charge in [-0.3, -0.25) is 14.6 Å². The van der Waals surface area contributed by atoms with E-state index in [1.807, 2.05) is 30.1 Å². The number of fused-ring (bicyclic) bond motifs is 1. The Labute approximate surface area is 209 Å². The summed E-state index contributed by atoms with van der Waals surface area (Å²) in [6, 6.07) is 29.6. The number of halogens is 1. The average Bonchev–Trinajstić information content (AvgIpc) is 3.26. The van der Waals surface area contributed by atoms with Crippen LogP contribution >= 0.6 is 12.4 Å². The molecule has 0 N–H and O–H groups in total. The molecule has 4 nitrogen and oxygen atoms in total. The van der Waals surface area contributed by atoms with Crippen LogP contribution in [-0.4, -0.2) is 59.4 Å². The monoisotopic (exact) mass is 475 g/mol. The Hall–Kier alpha value is -2.66. The fourth-order valence-corrected chi connectivity index (χ4v) is 5.57. The van der Waals surface area contributed by atoms with Gasteiger partial charge < -0.3 is 4.90 Å². The lowest BCUT2D eigenvalue weighted by atomic mass is 9.90. The van der Waals surface area contributed by atoms with Gasteiger partial charge >= 0.3 is 0 Å². The third kappa shape index (κ3) is 5.05. The number of benzene rings is 3. The molecule has 5 heteroatoms. The van der Waals surface area contributed by atoms with Crippen molar-refractivity contribution >= 4 is 18.3 Å². The molecule has 0 saturated carbocycles. The molecule has 34 heavy (non-hydrogen) atoms. The predicted molar refractivity (Wildman–Crippen MR) is 140 cm³/mol. The van der Waals surface area contributed by atoms with E-state index in [0.29, 0.717) is 6.54 Å². The van der Waals surface area contributed by atoms with E-state index in [9.17, 15) is 4.79 Å². The number of nitrogens with zero attached hydrogens (tertiary/aromatic N) is 3. The van der Waals surface area contributed by atoms with E-state index in [1.54, 1.807) is 0 Å². The molecule has 0 aromatic heterocycles. The smallest absolute Gasteiger partial charge is 0.243 e. The Morgan fingerprint density at radius 1 is 0.765 bits per heavy atom. The highest BCUT2D eigenvalue weighted by molar-refractivity contribution is 5.88. The van der Waals surface area contributed by atoms with Crippen molar-refractivity contribution in [1.82, 2.24) is 14.7 Å². The van der Waals surface area contributed by atoms with Crippen LogP contribution in [0.4, 0.5) is 0 Å². The summed E-state index contributed by atoms with van der Waals surface area (Å²) in [5, 5.41) is 0. The number of carbonyl (C=O) groups is 1. The van der Waals surface area contributed by atoms with Crippen molar-refractivity contribution in [1.29, 1.82) is 0 Å². The molecule has 1 amide bonds. The van der Waals surface area contributed by atoms with Crippen LogP contribution in [0, 0.1) is 0 Å². The van der Waals surface area contributed by atoms with Crippen LogP contribution < -0.4 is 0 Å². The van der Waals surface area contributed by atoms with Gasteiger partial charge in [0.15, 0.2) is 0 Å². The normalized spacial score (nSPS) is 17.6. The third-order valence-electron chi connectivity index (χ3n) is 7.32. The number of likely N-dealkylation sites (N-methyl/N-ethyl adjacent to an activating group) is 1. The second kappa shape index (κ2) is 10.7. The summed E-state index contributed by atoms with van der Waals surface area (Å²) in [5.74, 6) is 0.249. The maximum atomic E-state index is 14.1. The van der Waals surface area contributed by atoms with E-state index in [4.69, 9.17) is 0 Å². The first-order valence-electron chi connectivity index (χ1n) is 12.0. The Morgan fingerprint density at radius 3 is 1.82 bits per heavy atom. The van der Waals surface area contributed by atoms with E-state index in [1.165, 1.54) is 22.3 Å². The molecule has 2 aliphatic rings. The molecular weight excluding hydrogens is 442 g/mol. The Bertz CT molecular complexity index is 1060. The lowest BCUT2D eigenvalue weighted by Crippen LogP contribution is -2.64. The number of hydrogen-bond donors (Lipinski definition) is 0. The van der Waals surface area contributed by atoms with Crippen molar-refractivity contribution in [3.8, 4) is 0 Å². The second-order valence-electron chi connectivity index (χ2n) is 9.55. The summed E-state index contributed by atoms with van der Waals surface area (Å²) in [6.07, 6.45) is 1.61. The maximum absolute atomic E-state index is 14.1. The Morgan fingerprint density at radius 2 is 1.26 bits per heavy atom. The largest absolute Gasteiger partial charge is 0.340 e. The summed E-state index contributed by atoms with van der Waals surface area (Å²) < 4.78 is 0. The minimum atomic E-state index is -0.480. The van der Waals surface area contributed by atoms with Crippen molar-refractivity contribution < 1.29 is 4.79 Å². The molecule has 0 atom stereocenters. The maximum Gasteiger partial charge on any atom is 0.243 e. The van der Waals surface area contributed by atoms with Crippen LogP contribution in [-0.2, 0) is 30.7 Å². The molecule has 5 rings (SSSR count). The fourth-order valence-electron chi connectivity index (χ4n) is 5.57. The van der Waals surface area contributed by atoms with Crippen LogP contribution in [0.5, 0.6) is 0 Å². The topological polar surface area (TPSA) is 26.8 Å². The summed E-state index contributed by atoms with van der Waals surface area (Å²) in [6.45, 7) is 5.44. The lowest BCUT2D eigenvalue weighted by Gasteiger charge is -2.46. The summed E-state index contributed by atoms with van der Waals surface area (Å²) in [7, 11) is 1.96. The van der Waals surface area contributed by atoms with Crippen molar-refractivity contribution in [2.45, 2.75) is 31.5 Å². The van der Waals surface area contributed by atoms with Gasteiger partial charge in [0.1, 0.15) is 5.54 Å². The number of amides is 1. The van der Waals surface area contributed by atoms with Gasteiger partial charge in [0.05, 0.1) is 0 Å². The van der Waals surface area contributed by atoms with Gasteiger partial charge in [-0.15, -0.1) is 12.4 Å². The SMILES string of the molecule is CN(Cc1ccccc1)C(=O)C1(N2CCN(Cc3ccccc3)CC2)Cc2ccccc2C1.Cl. The molecule has 0 unspecified atom stereocenters. The molecule has 1 aliphatic heterocycles. The van der Waals surface area contributed by atoms with E-state index >= 15 is 0 Å². The Kier molecular flexibility index (Phi) is 7.72. The molecule has 1 fully saturated rings. The lowest BCUT2D eigenvalue weighted by molar-refractivity contribution is -0.145. The van der Waals surface area contributed by atoms with Gasteiger partial charge in [-0.1, -0.05) is 84.9 Å². The number of piperazine rings is 1. The molecule has 1 heterocycles. The van der Waals surface area contributed by atoms with Crippen LogP contribution in [0.2, 0.25) is 0 Å². The van der Waals surface area contributed by atoms with Gasteiger partial charge in [0, 0.05) is 59.2 Å². The number of hydrogen-bond acceptors (Lipinski definition) is 3. The van der Waals surface area contributed by atoms with Gasteiger partial charge in [0.25, 0.3) is 0 Å². The molecule has 1 aliphatic carbocycles. The van der Waals surface area contributed by atoms with Crippen molar-refractivity contribution in [3.05, 3.63) is 107 Å². The molecule has 3 aromatic carbocycles. The first kappa shape index (κ1) is 24.5. The highest BCUT2D eigenvalue weighted by Gasteiger charge is 2.50. The molecule has 0 bridgehead atoms. The zero-order valence-electron chi connectivity index (χ0n) is 19.9. The predicted octanol–water partition coefficient (Wildman–Crippen LogP) is 4.42. The second-order valence-corrected chi connectivity index (χ2v) is 9.55. The van der Waals surface area contributed by atoms with Crippen LogP contribution in [0.3, 0.4) is 0 Å². The highest BCUT2D eigenvalue weighted by Crippen LogP contribution is 2.37. The van der Waals surface area contributed by atoms with E-state index in [2.05, 4.69) is 76.5 Å². The van der Waals surface area contributed by atoms with Crippen molar-refractivity contribution in [2.75, 3.05) is 33.2 Å². The molecule has 3 aromatic rings. The minimum Gasteiger partial charge on any atom is -0.340 e. The number of carbonyl (C=O) groups excluding carboxylic acids is 1. The molecule has 0 spiro atoms. The van der Waals surface area contributed by atoms with Gasteiger partial charge in [-0.05, 0) is 22.3 Å². The van der Waals surface area contributed by atoms with Crippen LogP contribution in [0.15, 0.2) is 84.9 Å². The fraction of sp³-hybridized carbons (Fsp3) is 0.345. The molecular formula is C29H34ClN3O. The average molecular weight is 476 g/mol. The zero-order valence-corrected chi connectivity index (χ0v) is 20.7. The van der Waals surface area contributed by atoms with Crippen molar-refractivity contribution in [3.63, 3.8) is 0 Å². The van der Waals surface area contributed by atoms with E-state index in [-0.39, 0.29) is 18.3 Å². The van der Waals surface area contributed by atoms with Gasteiger partial charge in [-0.2, -0.15) is 0 Å². The summed E-state index contributed by atoms with van der Waals surface area (Å²) in [5.41, 5.74) is 4.70.